The van der Waals surface area contributed by atoms with E-state index in [4.69, 9.17) is 24.8 Å². The van der Waals surface area contributed by atoms with Crippen molar-refractivity contribution in [1.29, 1.82) is 0 Å². The molecule has 0 radical (unpaired) electrons. The van der Waals surface area contributed by atoms with Gasteiger partial charge in [-0.25, -0.2) is 0 Å². The van der Waals surface area contributed by atoms with Gasteiger partial charge in [0.05, 0.1) is 46.2 Å². The molecule has 0 amide bonds. The summed E-state index contributed by atoms with van der Waals surface area (Å²) in [6, 6.07) is 0. The molecule has 0 aromatic heterocycles. The van der Waals surface area contributed by atoms with Crippen molar-refractivity contribution in [1.82, 2.24) is 0 Å². The van der Waals surface area contributed by atoms with Crippen LogP contribution < -0.4 is 0 Å². The maximum Gasteiger partial charge on any atom is 0.222 e. The fourth-order valence-electron chi connectivity index (χ4n) is 0.804. The first kappa shape index (κ1) is 16.6. The van der Waals surface area contributed by atoms with E-state index in [0.717, 1.165) is 0 Å². The van der Waals surface area contributed by atoms with Crippen LogP contribution in [0.4, 0.5) is 0 Å². The summed E-state index contributed by atoms with van der Waals surface area (Å²) in [4.78, 5) is 2.44. The largest absolute Gasteiger partial charge is 0.394 e. The van der Waals surface area contributed by atoms with Crippen LogP contribution in [0.2, 0.25) is 0 Å². The van der Waals surface area contributed by atoms with Gasteiger partial charge in [-0.05, 0) is 26.6 Å². The van der Waals surface area contributed by atoms with E-state index in [2.05, 4.69) is 26.0 Å². The lowest BCUT2D eigenvalue weighted by molar-refractivity contribution is -0.0180. The van der Waals surface area contributed by atoms with Crippen molar-refractivity contribution in [2.24, 2.45) is 5.11 Å². The second-order valence-electron chi connectivity index (χ2n) is 2.91. The summed E-state index contributed by atoms with van der Waals surface area (Å²) in [7, 11) is 0. The fourth-order valence-corrected chi connectivity index (χ4v) is 1.04. The quantitative estimate of drug-likeness (QED) is 0.143. The summed E-state index contributed by atoms with van der Waals surface area (Å²) < 4.78 is 13.4. The number of nitrogens with zero attached hydrogens (tertiary/aromatic N) is 3. The van der Waals surface area contributed by atoms with Crippen LogP contribution in [0.5, 0.6) is 0 Å². The van der Waals surface area contributed by atoms with Gasteiger partial charge in [0.2, 0.25) is 4.63 Å². The maximum atomic E-state index is 9.30. The van der Waals surface area contributed by atoms with Gasteiger partial charge in [0, 0.05) is 4.91 Å². The minimum atomic E-state index is -1.72. The minimum Gasteiger partial charge on any atom is -0.394 e. The Hall–Kier alpha value is -0.410. The molecule has 2 N–H and O–H groups in total. The number of alkyl halides is 1. The highest BCUT2D eigenvalue weighted by atomic mass is 79.9. The first-order chi connectivity index (χ1) is 8.12. The van der Waals surface area contributed by atoms with E-state index in [1.807, 2.05) is 0 Å². The Bertz CT molecular complexity index is 235. The van der Waals surface area contributed by atoms with Crippen molar-refractivity contribution < 1.29 is 24.4 Å². The van der Waals surface area contributed by atoms with Gasteiger partial charge in [0.15, 0.2) is 0 Å². The van der Waals surface area contributed by atoms with Gasteiger partial charge in [0.1, 0.15) is 0 Å². The number of azide groups is 1. The normalized spacial score (nSPS) is 14.1. The van der Waals surface area contributed by atoms with Gasteiger partial charge in [-0.15, -0.1) is 0 Å². The zero-order valence-electron chi connectivity index (χ0n) is 9.29. The van der Waals surface area contributed by atoms with Crippen molar-refractivity contribution in [3.8, 4) is 0 Å². The molecule has 8 nitrogen and oxygen atoms in total. The van der Waals surface area contributed by atoms with Crippen LogP contribution in [0.3, 0.4) is 0 Å². The fraction of sp³-hybridized carbons (Fsp3) is 1.00. The van der Waals surface area contributed by atoms with Gasteiger partial charge < -0.3 is 24.4 Å². The SMILES string of the molecule is [N-]=[N+]=NC(O)(Br)COCCOCCOCCO. The molecule has 0 spiro atoms. The number of ether oxygens (including phenoxy) is 3. The molecule has 0 rings (SSSR count). The topological polar surface area (TPSA) is 117 Å². The molecule has 0 aliphatic heterocycles. The molecular formula is C8H16BrN3O5. The Morgan fingerprint density at radius 2 is 1.65 bits per heavy atom. The Kier molecular flexibility index (Phi) is 10.5. The van der Waals surface area contributed by atoms with Crippen LogP contribution in [0.1, 0.15) is 0 Å². The highest BCUT2D eigenvalue weighted by Gasteiger charge is 2.20. The molecule has 0 bridgehead atoms. The van der Waals surface area contributed by atoms with Crippen molar-refractivity contribution in [3.05, 3.63) is 10.4 Å². The Labute approximate surface area is 107 Å². The number of hydrogen-bond acceptors (Lipinski definition) is 6. The number of halogens is 1. The third-order valence-corrected chi connectivity index (χ3v) is 1.85. The summed E-state index contributed by atoms with van der Waals surface area (Å²) in [6.45, 7) is 1.52. The molecule has 1 unspecified atom stereocenters. The van der Waals surface area contributed by atoms with Crippen molar-refractivity contribution in [2.75, 3.05) is 46.2 Å². The van der Waals surface area contributed by atoms with Crippen LogP contribution in [0.25, 0.3) is 10.4 Å². The predicted octanol–water partition coefficient (Wildman–Crippen LogP) is 0.380. The van der Waals surface area contributed by atoms with Gasteiger partial charge in [-0.1, -0.05) is 0 Å². The van der Waals surface area contributed by atoms with E-state index in [-0.39, 0.29) is 19.8 Å². The monoisotopic (exact) mass is 313 g/mol. The van der Waals surface area contributed by atoms with Crippen molar-refractivity contribution in [3.63, 3.8) is 0 Å². The lowest BCUT2D eigenvalue weighted by atomic mass is 10.6. The molecular weight excluding hydrogens is 298 g/mol. The van der Waals surface area contributed by atoms with E-state index >= 15 is 0 Å². The summed E-state index contributed by atoms with van der Waals surface area (Å²) in [6.07, 6.45) is 0. The lowest BCUT2D eigenvalue weighted by Gasteiger charge is -2.14. The second-order valence-corrected chi connectivity index (χ2v) is 4.18. The Balaban J connectivity index is 3.26. The number of rotatable bonds is 11. The van der Waals surface area contributed by atoms with E-state index in [1.165, 1.54) is 0 Å². The second kappa shape index (κ2) is 10.7. The molecule has 0 saturated carbocycles. The number of hydrogen-bond donors (Lipinski definition) is 2. The number of aliphatic hydroxyl groups is 2. The van der Waals surface area contributed by atoms with E-state index in [1.54, 1.807) is 0 Å². The summed E-state index contributed by atoms with van der Waals surface area (Å²) in [5.41, 5.74) is 8.10. The Morgan fingerprint density at radius 1 is 1.12 bits per heavy atom. The zero-order chi connectivity index (χ0) is 13.0. The zero-order valence-corrected chi connectivity index (χ0v) is 10.9. The van der Waals surface area contributed by atoms with Crippen molar-refractivity contribution >= 4 is 15.9 Å². The Morgan fingerprint density at radius 3 is 2.18 bits per heavy atom. The average Bonchev–Trinajstić information content (AvgIpc) is 2.27. The lowest BCUT2D eigenvalue weighted by Crippen LogP contribution is -2.24. The third-order valence-electron chi connectivity index (χ3n) is 1.46. The number of aliphatic hydroxyl groups excluding tert-OH is 1. The minimum absolute atomic E-state index is 0.00759. The van der Waals surface area contributed by atoms with Crippen LogP contribution in [0, 0.1) is 0 Å². The summed E-state index contributed by atoms with van der Waals surface area (Å²) >= 11 is 2.78. The van der Waals surface area contributed by atoms with E-state index in [9.17, 15) is 5.11 Å². The van der Waals surface area contributed by atoms with Gasteiger partial charge in [0.25, 0.3) is 0 Å². The van der Waals surface area contributed by atoms with Gasteiger partial charge in [-0.3, -0.25) is 0 Å². The molecule has 0 aromatic rings. The standard InChI is InChI=1S/C8H16BrN3O5/c9-8(14,11-12-10)7-17-6-5-16-4-3-15-2-1-13/h13-14H,1-7H2. The van der Waals surface area contributed by atoms with Crippen LogP contribution in [0.15, 0.2) is 5.11 Å². The van der Waals surface area contributed by atoms with Crippen LogP contribution in [-0.4, -0.2) is 61.1 Å². The molecule has 0 aliphatic rings. The molecule has 0 aromatic carbocycles. The summed E-state index contributed by atoms with van der Waals surface area (Å²) in [5, 5.41) is 20.8. The smallest absolute Gasteiger partial charge is 0.222 e. The van der Waals surface area contributed by atoms with Gasteiger partial charge in [-0.2, -0.15) is 0 Å². The molecule has 0 aliphatic carbocycles. The first-order valence-electron chi connectivity index (χ1n) is 4.94. The molecule has 0 heterocycles. The molecule has 0 saturated heterocycles. The molecule has 17 heavy (non-hydrogen) atoms. The third kappa shape index (κ3) is 11.8. The molecule has 9 heteroatoms. The van der Waals surface area contributed by atoms with Gasteiger partial charge >= 0.3 is 0 Å². The highest BCUT2D eigenvalue weighted by Crippen LogP contribution is 2.15. The molecule has 100 valence electrons. The average molecular weight is 314 g/mol. The predicted molar refractivity (Wildman–Crippen MR) is 62.6 cm³/mol. The highest BCUT2D eigenvalue weighted by molar-refractivity contribution is 9.10. The summed E-state index contributed by atoms with van der Waals surface area (Å²) in [5.74, 6) is 0. The van der Waals surface area contributed by atoms with Crippen molar-refractivity contribution in [2.45, 2.75) is 4.63 Å². The molecule has 0 fully saturated rings. The van der Waals surface area contributed by atoms with E-state index < -0.39 is 4.63 Å². The molecule has 1 atom stereocenters. The van der Waals surface area contributed by atoms with Crippen LogP contribution >= 0.6 is 15.9 Å². The van der Waals surface area contributed by atoms with E-state index in [0.29, 0.717) is 26.4 Å². The maximum absolute atomic E-state index is 9.30. The first-order valence-corrected chi connectivity index (χ1v) is 5.73. The van der Waals surface area contributed by atoms with Crippen LogP contribution in [-0.2, 0) is 14.2 Å².